The number of nitrogens with one attached hydrogen (secondary N) is 1. The second-order valence-electron chi connectivity index (χ2n) is 7.52. The SMILES string of the molecule is CCNC(=NCCN1CCCCC1)N1CCC2(CCCC2)C1. The van der Waals surface area contributed by atoms with Gasteiger partial charge in [0.2, 0.25) is 0 Å². The molecule has 3 fully saturated rings. The Hall–Kier alpha value is -0.770. The van der Waals surface area contributed by atoms with Gasteiger partial charge in [0.1, 0.15) is 0 Å². The van der Waals surface area contributed by atoms with Crippen LogP contribution in [0.5, 0.6) is 0 Å². The van der Waals surface area contributed by atoms with Crippen molar-refractivity contribution in [2.45, 2.75) is 58.3 Å². The lowest BCUT2D eigenvalue weighted by molar-refractivity contribution is 0.234. The van der Waals surface area contributed by atoms with Crippen LogP contribution in [-0.2, 0) is 0 Å². The van der Waals surface area contributed by atoms with E-state index in [0.29, 0.717) is 5.41 Å². The maximum atomic E-state index is 4.93. The fourth-order valence-electron chi connectivity index (χ4n) is 4.56. The molecule has 0 aromatic carbocycles. The molecule has 0 aromatic rings. The average Bonchev–Trinajstić information content (AvgIpc) is 3.18. The number of hydrogen-bond donors (Lipinski definition) is 1. The van der Waals surface area contributed by atoms with Gasteiger partial charge in [0.15, 0.2) is 5.96 Å². The zero-order valence-corrected chi connectivity index (χ0v) is 14.4. The van der Waals surface area contributed by atoms with E-state index in [2.05, 4.69) is 22.0 Å². The van der Waals surface area contributed by atoms with E-state index in [1.165, 1.54) is 83.5 Å². The number of guanidine groups is 1. The Labute approximate surface area is 136 Å². The average molecular weight is 306 g/mol. The fraction of sp³-hybridized carbons (Fsp3) is 0.944. The summed E-state index contributed by atoms with van der Waals surface area (Å²) in [5.74, 6) is 1.17. The van der Waals surface area contributed by atoms with Crippen molar-refractivity contribution in [1.29, 1.82) is 0 Å². The Bertz CT molecular complexity index is 367. The highest BCUT2D eigenvalue weighted by Crippen LogP contribution is 2.45. The van der Waals surface area contributed by atoms with Gasteiger partial charge in [-0.2, -0.15) is 0 Å². The van der Waals surface area contributed by atoms with Crippen molar-refractivity contribution in [2.24, 2.45) is 10.4 Å². The van der Waals surface area contributed by atoms with Crippen molar-refractivity contribution < 1.29 is 0 Å². The lowest BCUT2D eigenvalue weighted by atomic mass is 9.86. The minimum Gasteiger partial charge on any atom is -0.357 e. The number of likely N-dealkylation sites (tertiary alicyclic amines) is 2. The zero-order chi connectivity index (χ0) is 15.3. The molecule has 1 aliphatic carbocycles. The molecule has 0 atom stereocenters. The Morgan fingerprint density at radius 2 is 1.77 bits per heavy atom. The second-order valence-corrected chi connectivity index (χ2v) is 7.52. The Kier molecular flexibility index (Phi) is 5.61. The second kappa shape index (κ2) is 7.67. The molecule has 22 heavy (non-hydrogen) atoms. The van der Waals surface area contributed by atoms with Gasteiger partial charge in [-0.1, -0.05) is 19.3 Å². The van der Waals surface area contributed by atoms with Crippen LogP contribution in [0.15, 0.2) is 4.99 Å². The smallest absolute Gasteiger partial charge is 0.193 e. The summed E-state index contributed by atoms with van der Waals surface area (Å²) in [5.41, 5.74) is 0.628. The van der Waals surface area contributed by atoms with Crippen LogP contribution >= 0.6 is 0 Å². The van der Waals surface area contributed by atoms with E-state index < -0.39 is 0 Å². The van der Waals surface area contributed by atoms with E-state index in [-0.39, 0.29) is 0 Å². The van der Waals surface area contributed by atoms with Gasteiger partial charge in [0.05, 0.1) is 6.54 Å². The predicted molar refractivity (Wildman–Crippen MR) is 93.4 cm³/mol. The van der Waals surface area contributed by atoms with Crippen molar-refractivity contribution >= 4 is 5.96 Å². The largest absolute Gasteiger partial charge is 0.357 e. The molecule has 0 aromatic heterocycles. The summed E-state index contributed by atoms with van der Waals surface area (Å²) < 4.78 is 0. The van der Waals surface area contributed by atoms with Crippen LogP contribution in [-0.4, -0.2) is 61.6 Å². The van der Waals surface area contributed by atoms with Crippen molar-refractivity contribution in [3.8, 4) is 0 Å². The van der Waals surface area contributed by atoms with Gasteiger partial charge in [-0.15, -0.1) is 0 Å². The van der Waals surface area contributed by atoms with E-state index in [1.54, 1.807) is 0 Å². The topological polar surface area (TPSA) is 30.9 Å². The van der Waals surface area contributed by atoms with E-state index >= 15 is 0 Å². The first-order valence-electron chi connectivity index (χ1n) is 9.57. The van der Waals surface area contributed by atoms with E-state index in [4.69, 9.17) is 4.99 Å². The minimum absolute atomic E-state index is 0.628. The third-order valence-electron chi connectivity index (χ3n) is 5.86. The van der Waals surface area contributed by atoms with Crippen LogP contribution in [0, 0.1) is 5.41 Å². The van der Waals surface area contributed by atoms with Gasteiger partial charge >= 0.3 is 0 Å². The lowest BCUT2D eigenvalue weighted by Crippen LogP contribution is -2.41. The van der Waals surface area contributed by atoms with Crippen LogP contribution in [0.3, 0.4) is 0 Å². The summed E-state index contributed by atoms with van der Waals surface area (Å²) in [6.45, 7) is 10.2. The van der Waals surface area contributed by atoms with Crippen molar-refractivity contribution in [3.63, 3.8) is 0 Å². The standard InChI is InChI=1S/C18H34N4/c1-2-19-17(20-11-15-21-12-6-3-7-13-21)22-14-10-18(16-22)8-4-5-9-18/h2-16H2,1H3,(H,19,20). The van der Waals surface area contributed by atoms with Crippen LogP contribution < -0.4 is 5.32 Å². The maximum Gasteiger partial charge on any atom is 0.193 e. The maximum absolute atomic E-state index is 4.93. The molecule has 3 rings (SSSR count). The minimum atomic E-state index is 0.628. The predicted octanol–water partition coefficient (Wildman–Crippen LogP) is 2.70. The van der Waals surface area contributed by atoms with Crippen LogP contribution in [0.4, 0.5) is 0 Å². The monoisotopic (exact) mass is 306 g/mol. The number of aliphatic imine (C=N–C) groups is 1. The normalized spacial score (nSPS) is 26.0. The zero-order valence-electron chi connectivity index (χ0n) is 14.4. The molecule has 1 saturated carbocycles. The summed E-state index contributed by atoms with van der Waals surface area (Å²) in [5, 5.41) is 3.53. The first-order chi connectivity index (χ1) is 10.8. The van der Waals surface area contributed by atoms with Gasteiger partial charge in [-0.05, 0) is 57.5 Å². The highest BCUT2D eigenvalue weighted by atomic mass is 15.3. The molecular formula is C18H34N4. The molecule has 0 bridgehead atoms. The van der Waals surface area contributed by atoms with Gasteiger partial charge in [0.25, 0.3) is 0 Å². The Morgan fingerprint density at radius 1 is 1.00 bits per heavy atom. The quantitative estimate of drug-likeness (QED) is 0.640. The number of nitrogens with zero attached hydrogens (tertiary/aromatic N) is 3. The molecule has 3 aliphatic rings. The lowest BCUT2D eigenvalue weighted by Gasteiger charge is -2.27. The summed E-state index contributed by atoms with van der Waals surface area (Å²) in [6.07, 6.45) is 11.3. The molecule has 126 valence electrons. The molecule has 4 nitrogen and oxygen atoms in total. The number of hydrogen-bond acceptors (Lipinski definition) is 2. The summed E-state index contributed by atoms with van der Waals surface area (Å²) in [7, 11) is 0. The van der Waals surface area contributed by atoms with E-state index in [9.17, 15) is 0 Å². The molecule has 2 aliphatic heterocycles. The number of rotatable bonds is 4. The van der Waals surface area contributed by atoms with Crippen LogP contribution in [0.1, 0.15) is 58.3 Å². The fourth-order valence-corrected chi connectivity index (χ4v) is 4.56. The highest BCUT2D eigenvalue weighted by Gasteiger charge is 2.41. The molecular weight excluding hydrogens is 272 g/mol. The Balaban J connectivity index is 1.51. The van der Waals surface area contributed by atoms with Gasteiger partial charge < -0.3 is 15.1 Å². The third-order valence-corrected chi connectivity index (χ3v) is 5.86. The van der Waals surface area contributed by atoms with Gasteiger partial charge in [-0.25, -0.2) is 0 Å². The summed E-state index contributed by atoms with van der Waals surface area (Å²) >= 11 is 0. The summed E-state index contributed by atoms with van der Waals surface area (Å²) in [6, 6.07) is 0. The Morgan fingerprint density at radius 3 is 2.50 bits per heavy atom. The molecule has 0 radical (unpaired) electrons. The van der Waals surface area contributed by atoms with Crippen molar-refractivity contribution in [1.82, 2.24) is 15.1 Å². The molecule has 2 saturated heterocycles. The van der Waals surface area contributed by atoms with E-state index in [0.717, 1.165) is 19.6 Å². The first kappa shape index (κ1) is 16.1. The molecule has 2 heterocycles. The highest BCUT2D eigenvalue weighted by molar-refractivity contribution is 5.80. The molecule has 4 heteroatoms. The van der Waals surface area contributed by atoms with Gasteiger partial charge in [-0.3, -0.25) is 4.99 Å². The van der Waals surface area contributed by atoms with Crippen LogP contribution in [0.25, 0.3) is 0 Å². The molecule has 1 N–H and O–H groups in total. The number of piperidine rings is 1. The van der Waals surface area contributed by atoms with E-state index in [1.807, 2.05) is 0 Å². The molecule has 1 spiro atoms. The molecule has 0 amide bonds. The van der Waals surface area contributed by atoms with Crippen molar-refractivity contribution in [2.75, 3.05) is 45.8 Å². The summed E-state index contributed by atoms with van der Waals surface area (Å²) in [4.78, 5) is 10.0. The van der Waals surface area contributed by atoms with Crippen molar-refractivity contribution in [3.05, 3.63) is 0 Å². The molecule has 0 unspecified atom stereocenters. The van der Waals surface area contributed by atoms with Crippen LogP contribution in [0.2, 0.25) is 0 Å². The first-order valence-corrected chi connectivity index (χ1v) is 9.57. The third kappa shape index (κ3) is 3.95. The van der Waals surface area contributed by atoms with Gasteiger partial charge in [0, 0.05) is 26.2 Å².